The first kappa shape index (κ1) is 12.2. The van der Waals surface area contributed by atoms with E-state index in [2.05, 4.69) is 30.6 Å². The van der Waals surface area contributed by atoms with Crippen molar-refractivity contribution in [2.45, 2.75) is 25.4 Å². The summed E-state index contributed by atoms with van der Waals surface area (Å²) < 4.78 is 5.60. The smallest absolute Gasteiger partial charge is 0.226 e. The zero-order chi connectivity index (χ0) is 13.1. The lowest BCUT2D eigenvalue weighted by molar-refractivity contribution is 0.107. The molecule has 1 aliphatic rings. The summed E-state index contributed by atoms with van der Waals surface area (Å²) in [7, 11) is 1.80. The Balaban J connectivity index is 1.70. The SMILES string of the molecule is CNc1nc(NCCC2CCCO2)c2[nH]cnc2n1. The largest absolute Gasteiger partial charge is 0.378 e. The summed E-state index contributed by atoms with van der Waals surface area (Å²) in [6.07, 6.45) is 5.34. The van der Waals surface area contributed by atoms with Gasteiger partial charge in [0.15, 0.2) is 11.5 Å². The van der Waals surface area contributed by atoms with E-state index in [1.165, 1.54) is 6.42 Å². The first-order valence-electron chi connectivity index (χ1n) is 6.61. The second-order valence-electron chi connectivity index (χ2n) is 4.60. The van der Waals surface area contributed by atoms with Gasteiger partial charge in [0.1, 0.15) is 5.52 Å². The van der Waals surface area contributed by atoms with Gasteiger partial charge < -0.3 is 20.4 Å². The zero-order valence-electron chi connectivity index (χ0n) is 10.9. The monoisotopic (exact) mass is 262 g/mol. The molecule has 3 N–H and O–H groups in total. The highest BCUT2D eigenvalue weighted by molar-refractivity contribution is 5.83. The van der Waals surface area contributed by atoms with Crippen LogP contribution in [0.2, 0.25) is 0 Å². The molecular formula is C12H18N6O. The van der Waals surface area contributed by atoms with Crippen molar-refractivity contribution in [3.05, 3.63) is 6.33 Å². The number of hydrogen-bond donors (Lipinski definition) is 3. The molecule has 2 aromatic heterocycles. The van der Waals surface area contributed by atoms with Crippen LogP contribution in [0.3, 0.4) is 0 Å². The Morgan fingerprint density at radius 2 is 2.42 bits per heavy atom. The van der Waals surface area contributed by atoms with Crippen molar-refractivity contribution >= 4 is 22.9 Å². The van der Waals surface area contributed by atoms with Crippen LogP contribution in [-0.4, -0.2) is 46.2 Å². The van der Waals surface area contributed by atoms with Gasteiger partial charge in [-0.3, -0.25) is 0 Å². The zero-order valence-corrected chi connectivity index (χ0v) is 10.9. The van der Waals surface area contributed by atoms with Gasteiger partial charge in [-0.05, 0) is 19.3 Å². The van der Waals surface area contributed by atoms with Gasteiger partial charge in [-0.15, -0.1) is 0 Å². The molecule has 3 heterocycles. The molecule has 0 amide bonds. The summed E-state index contributed by atoms with van der Waals surface area (Å²) in [5, 5.41) is 6.27. The Hall–Kier alpha value is -1.89. The summed E-state index contributed by atoms with van der Waals surface area (Å²) in [6.45, 7) is 1.73. The number of H-pyrrole nitrogens is 1. The summed E-state index contributed by atoms with van der Waals surface area (Å²) in [5.74, 6) is 1.35. The number of nitrogens with one attached hydrogen (secondary N) is 3. The van der Waals surface area contributed by atoms with Crippen LogP contribution in [0.1, 0.15) is 19.3 Å². The van der Waals surface area contributed by atoms with Crippen molar-refractivity contribution in [3.63, 3.8) is 0 Å². The third-order valence-corrected chi connectivity index (χ3v) is 3.29. The summed E-state index contributed by atoms with van der Waals surface area (Å²) in [5.41, 5.74) is 1.50. The van der Waals surface area contributed by atoms with Crippen LogP contribution in [0.25, 0.3) is 11.2 Å². The minimum absolute atomic E-state index is 0.385. The van der Waals surface area contributed by atoms with Crippen molar-refractivity contribution < 1.29 is 4.74 Å². The maximum absolute atomic E-state index is 5.60. The Bertz CT molecular complexity index is 548. The molecule has 0 aromatic carbocycles. The second kappa shape index (κ2) is 5.40. The van der Waals surface area contributed by atoms with E-state index in [0.717, 1.165) is 37.3 Å². The molecule has 0 aliphatic carbocycles. The minimum atomic E-state index is 0.385. The van der Waals surface area contributed by atoms with E-state index in [-0.39, 0.29) is 0 Å². The number of anilines is 2. The molecule has 19 heavy (non-hydrogen) atoms. The Labute approximate surface area is 111 Å². The predicted molar refractivity (Wildman–Crippen MR) is 73.3 cm³/mol. The fourth-order valence-electron chi connectivity index (χ4n) is 2.30. The highest BCUT2D eigenvalue weighted by atomic mass is 16.5. The normalized spacial score (nSPS) is 18.9. The molecule has 7 heteroatoms. The van der Waals surface area contributed by atoms with Crippen LogP contribution in [0.4, 0.5) is 11.8 Å². The molecule has 0 spiro atoms. The van der Waals surface area contributed by atoms with E-state index in [0.29, 0.717) is 17.7 Å². The number of hydrogen-bond acceptors (Lipinski definition) is 6. The van der Waals surface area contributed by atoms with Crippen molar-refractivity contribution in [3.8, 4) is 0 Å². The van der Waals surface area contributed by atoms with E-state index in [1.54, 1.807) is 13.4 Å². The van der Waals surface area contributed by atoms with Crippen LogP contribution in [-0.2, 0) is 4.74 Å². The Morgan fingerprint density at radius 3 is 3.21 bits per heavy atom. The minimum Gasteiger partial charge on any atom is -0.378 e. The quantitative estimate of drug-likeness (QED) is 0.754. The second-order valence-corrected chi connectivity index (χ2v) is 4.60. The molecule has 102 valence electrons. The molecule has 1 unspecified atom stereocenters. The van der Waals surface area contributed by atoms with Gasteiger partial charge >= 0.3 is 0 Å². The van der Waals surface area contributed by atoms with E-state index >= 15 is 0 Å². The summed E-state index contributed by atoms with van der Waals surface area (Å²) >= 11 is 0. The molecular weight excluding hydrogens is 244 g/mol. The Kier molecular flexibility index (Phi) is 3.45. The highest BCUT2D eigenvalue weighted by Crippen LogP contribution is 2.19. The lowest BCUT2D eigenvalue weighted by Crippen LogP contribution is -2.14. The average molecular weight is 262 g/mol. The third-order valence-electron chi connectivity index (χ3n) is 3.29. The Morgan fingerprint density at radius 1 is 1.47 bits per heavy atom. The lowest BCUT2D eigenvalue weighted by Gasteiger charge is -2.11. The highest BCUT2D eigenvalue weighted by Gasteiger charge is 2.15. The molecule has 0 radical (unpaired) electrons. The van der Waals surface area contributed by atoms with Gasteiger partial charge in [-0.2, -0.15) is 9.97 Å². The van der Waals surface area contributed by atoms with E-state index in [1.807, 2.05) is 0 Å². The van der Waals surface area contributed by atoms with Gasteiger partial charge in [0.05, 0.1) is 12.4 Å². The van der Waals surface area contributed by atoms with Crippen molar-refractivity contribution in [1.82, 2.24) is 19.9 Å². The number of nitrogens with zero attached hydrogens (tertiary/aromatic N) is 3. The van der Waals surface area contributed by atoms with Gasteiger partial charge in [-0.25, -0.2) is 4.98 Å². The van der Waals surface area contributed by atoms with Crippen molar-refractivity contribution in [2.75, 3.05) is 30.8 Å². The predicted octanol–water partition coefficient (Wildman–Crippen LogP) is 1.38. The van der Waals surface area contributed by atoms with E-state index in [4.69, 9.17) is 4.74 Å². The topological polar surface area (TPSA) is 87.8 Å². The van der Waals surface area contributed by atoms with Crippen molar-refractivity contribution in [2.24, 2.45) is 0 Å². The summed E-state index contributed by atoms with van der Waals surface area (Å²) in [6, 6.07) is 0. The van der Waals surface area contributed by atoms with Crippen LogP contribution < -0.4 is 10.6 Å². The molecule has 0 bridgehead atoms. The summed E-state index contributed by atoms with van der Waals surface area (Å²) in [4.78, 5) is 15.9. The van der Waals surface area contributed by atoms with E-state index < -0.39 is 0 Å². The van der Waals surface area contributed by atoms with Gasteiger partial charge in [-0.1, -0.05) is 0 Å². The number of fused-ring (bicyclic) bond motifs is 1. The molecule has 2 aromatic rings. The molecule has 1 atom stereocenters. The van der Waals surface area contributed by atoms with Crippen LogP contribution >= 0.6 is 0 Å². The van der Waals surface area contributed by atoms with E-state index in [9.17, 15) is 0 Å². The number of aromatic nitrogens is 4. The standard InChI is InChI=1S/C12H18N6O/c1-13-12-17-10(9-11(18-12)16-7-15-9)14-5-4-8-3-2-6-19-8/h7-8H,2-6H2,1H3,(H3,13,14,15,16,17,18). The third kappa shape index (κ3) is 2.60. The molecule has 0 saturated carbocycles. The molecule has 1 fully saturated rings. The van der Waals surface area contributed by atoms with Crippen molar-refractivity contribution in [1.29, 1.82) is 0 Å². The number of imidazole rings is 1. The number of rotatable bonds is 5. The van der Waals surface area contributed by atoms with Gasteiger partial charge in [0.25, 0.3) is 0 Å². The van der Waals surface area contributed by atoms with Crippen LogP contribution in [0, 0.1) is 0 Å². The maximum Gasteiger partial charge on any atom is 0.226 e. The number of ether oxygens (including phenoxy) is 1. The molecule has 7 nitrogen and oxygen atoms in total. The van der Waals surface area contributed by atoms with Crippen LogP contribution in [0.5, 0.6) is 0 Å². The number of aromatic amines is 1. The fraction of sp³-hybridized carbons (Fsp3) is 0.583. The molecule has 1 aliphatic heterocycles. The lowest BCUT2D eigenvalue weighted by atomic mass is 10.2. The molecule has 1 saturated heterocycles. The maximum atomic E-state index is 5.60. The van der Waals surface area contributed by atoms with Gasteiger partial charge in [0, 0.05) is 20.2 Å². The average Bonchev–Trinajstić information content (AvgIpc) is 3.08. The molecule has 3 rings (SSSR count). The first-order chi connectivity index (χ1) is 9.36. The fourth-order valence-corrected chi connectivity index (χ4v) is 2.30. The van der Waals surface area contributed by atoms with Crippen LogP contribution in [0.15, 0.2) is 6.33 Å². The first-order valence-corrected chi connectivity index (χ1v) is 6.61. The van der Waals surface area contributed by atoms with Gasteiger partial charge in [0.2, 0.25) is 5.95 Å².